The maximum atomic E-state index is 11.8. The summed E-state index contributed by atoms with van der Waals surface area (Å²) in [4.78, 5) is 23.5. The fourth-order valence-electron chi connectivity index (χ4n) is 4.74. The van der Waals surface area contributed by atoms with E-state index in [2.05, 4.69) is 0 Å². The Hall–Kier alpha value is -1.38. The van der Waals surface area contributed by atoms with Crippen LogP contribution in [0.1, 0.15) is 41.5 Å². The maximum absolute atomic E-state index is 11.8. The van der Waals surface area contributed by atoms with Crippen LogP contribution in [0.3, 0.4) is 0 Å². The summed E-state index contributed by atoms with van der Waals surface area (Å²) in [6.07, 6.45) is -8.26. The molecule has 180 valence electrons. The van der Waals surface area contributed by atoms with Crippen molar-refractivity contribution in [3.63, 3.8) is 0 Å². The second-order valence-corrected chi connectivity index (χ2v) is 9.30. The molecule has 5 aliphatic rings. The van der Waals surface area contributed by atoms with Gasteiger partial charge >= 0.3 is 11.9 Å². The largest absolute Gasteiger partial charge is 0.457 e. The van der Waals surface area contributed by atoms with Gasteiger partial charge in [-0.25, -0.2) is 0 Å². The molecule has 0 aromatic rings. The molecule has 5 heterocycles. The summed E-state index contributed by atoms with van der Waals surface area (Å²) in [6, 6.07) is 0. The van der Waals surface area contributed by atoms with Gasteiger partial charge in [-0.15, -0.1) is 0 Å². The molecule has 0 unspecified atom stereocenters. The standard InChI is InChI=1S/C20H28O12/c1-7(21)23-9-11(26-17-13(9)29-19(3,4)31-17)16-25-10-12(15(28-16)24-8(2)22)27-18-14(10)30-20(5,6)32-18/h9-18H,1-6H3/t9-,10-,11-,12-,13+,14+,15-,16+,17+,18+/m0/s1. The number of fused-ring (bicyclic) bond motifs is 4. The van der Waals surface area contributed by atoms with Gasteiger partial charge in [-0.05, 0) is 27.7 Å². The number of ether oxygens (including phenoxy) is 10. The van der Waals surface area contributed by atoms with Crippen molar-refractivity contribution in [2.45, 2.75) is 115 Å². The zero-order valence-corrected chi connectivity index (χ0v) is 18.7. The van der Waals surface area contributed by atoms with Gasteiger partial charge in [0.05, 0.1) is 0 Å². The predicted molar refractivity (Wildman–Crippen MR) is 98.3 cm³/mol. The van der Waals surface area contributed by atoms with E-state index in [-0.39, 0.29) is 0 Å². The molecule has 12 heteroatoms. The van der Waals surface area contributed by atoms with Crippen LogP contribution in [0, 0.1) is 0 Å². The second-order valence-electron chi connectivity index (χ2n) is 9.30. The summed E-state index contributed by atoms with van der Waals surface area (Å²) in [5.74, 6) is -2.87. The molecule has 0 spiro atoms. The summed E-state index contributed by atoms with van der Waals surface area (Å²) >= 11 is 0. The highest BCUT2D eigenvalue weighted by Gasteiger charge is 2.65. The van der Waals surface area contributed by atoms with E-state index < -0.39 is 85.3 Å². The molecule has 0 amide bonds. The van der Waals surface area contributed by atoms with Crippen molar-refractivity contribution < 1.29 is 57.0 Å². The molecule has 0 aliphatic carbocycles. The molecule has 0 N–H and O–H groups in total. The van der Waals surface area contributed by atoms with Gasteiger partial charge < -0.3 is 47.4 Å². The smallest absolute Gasteiger partial charge is 0.305 e. The van der Waals surface area contributed by atoms with E-state index in [1.807, 2.05) is 0 Å². The first-order valence-corrected chi connectivity index (χ1v) is 10.6. The second kappa shape index (κ2) is 7.57. The fraction of sp³-hybridized carbons (Fsp3) is 0.900. The highest BCUT2D eigenvalue weighted by Crippen LogP contribution is 2.46. The number of esters is 2. The molecule has 0 aromatic heterocycles. The first-order valence-electron chi connectivity index (χ1n) is 10.6. The Bertz CT molecular complexity index is 783. The first-order chi connectivity index (χ1) is 14.9. The molecule has 0 bridgehead atoms. The molecule has 5 aliphatic heterocycles. The van der Waals surface area contributed by atoms with Crippen molar-refractivity contribution in [2.24, 2.45) is 0 Å². The lowest BCUT2D eigenvalue weighted by Gasteiger charge is -2.41. The molecule has 10 atom stereocenters. The van der Waals surface area contributed by atoms with E-state index in [1.165, 1.54) is 13.8 Å². The lowest BCUT2D eigenvalue weighted by Crippen LogP contribution is -2.58. The van der Waals surface area contributed by atoms with E-state index in [0.29, 0.717) is 0 Å². The summed E-state index contributed by atoms with van der Waals surface area (Å²) in [5, 5.41) is 0. The van der Waals surface area contributed by atoms with Crippen LogP contribution in [0.5, 0.6) is 0 Å². The van der Waals surface area contributed by atoms with Gasteiger partial charge in [0.2, 0.25) is 6.29 Å². The highest BCUT2D eigenvalue weighted by atomic mass is 16.9. The lowest BCUT2D eigenvalue weighted by atomic mass is 10.1. The van der Waals surface area contributed by atoms with Gasteiger partial charge in [-0.1, -0.05) is 0 Å². The number of rotatable bonds is 3. The van der Waals surface area contributed by atoms with Crippen molar-refractivity contribution in [2.75, 3.05) is 0 Å². The molecule has 0 aromatic carbocycles. The zero-order valence-electron chi connectivity index (χ0n) is 18.7. The summed E-state index contributed by atoms with van der Waals surface area (Å²) in [5.41, 5.74) is 0. The zero-order chi connectivity index (χ0) is 23.0. The van der Waals surface area contributed by atoms with Crippen LogP contribution in [0.25, 0.3) is 0 Å². The van der Waals surface area contributed by atoms with Gasteiger partial charge in [0, 0.05) is 13.8 Å². The van der Waals surface area contributed by atoms with Crippen LogP contribution in [-0.2, 0) is 57.0 Å². The van der Waals surface area contributed by atoms with Crippen LogP contribution in [-0.4, -0.2) is 85.3 Å². The molecule has 0 saturated carbocycles. The number of carbonyl (C=O) groups is 2. The normalized spacial score (nSPS) is 48.1. The first kappa shape index (κ1) is 22.4. The molecular formula is C20H28O12. The molecule has 0 radical (unpaired) electrons. The van der Waals surface area contributed by atoms with Crippen molar-refractivity contribution >= 4 is 11.9 Å². The predicted octanol–water partition coefficient (Wildman–Crippen LogP) is 0.302. The molecule has 12 nitrogen and oxygen atoms in total. The monoisotopic (exact) mass is 460 g/mol. The van der Waals surface area contributed by atoms with E-state index in [4.69, 9.17) is 47.4 Å². The van der Waals surface area contributed by atoms with Crippen LogP contribution in [0.2, 0.25) is 0 Å². The van der Waals surface area contributed by atoms with E-state index in [0.717, 1.165) is 0 Å². The van der Waals surface area contributed by atoms with E-state index in [9.17, 15) is 9.59 Å². The van der Waals surface area contributed by atoms with Crippen molar-refractivity contribution in [1.29, 1.82) is 0 Å². The van der Waals surface area contributed by atoms with E-state index in [1.54, 1.807) is 27.7 Å². The quantitative estimate of drug-likeness (QED) is 0.538. The Morgan fingerprint density at radius 2 is 1.12 bits per heavy atom. The number of carbonyl (C=O) groups excluding carboxylic acids is 2. The van der Waals surface area contributed by atoms with Crippen molar-refractivity contribution in [3.05, 3.63) is 0 Å². The van der Waals surface area contributed by atoms with Crippen LogP contribution in [0.15, 0.2) is 0 Å². The number of hydrogen-bond acceptors (Lipinski definition) is 12. The molecule has 32 heavy (non-hydrogen) atoms. The van der Waals surface area contributed by atoms with Gasteiger partial charge in [0.15, 0.2) is 54.9 Å². The summed E-state index contributed by atoms with van der Waals surface area (Å²) in [6.45, 7) is 9.54. The third kappa shape index (κ3) is 3.92. The van der Waals surface area contributed by atoms with Gasteiger partial charge in [0.1, 0.15) is 12.2 Å². The van der Waals surface area contributed by atoms with Crippen LogP contribution in [0.4, 0.5) is 0 Å². The fourth-order valence-corrected chi connectivity index (χ4v) is 4.74. The molecular weight excluding hydrogens is 432 g/mol. The van der Waals surface area contributed by atoms with Crippen molar-refractivity contribution in [1.82, 2.24) is 0 Å². The topological polar surface area (TPSA) is 126 Å². The summed E-state index contributed by atoms with van der Waals surface area (Å²) in [7, 11) is 0. The lowest BCUT2D eigenvalue weighted by molar-refractivity contribution is -0.373. The average molecular weight is 460 g/mol. The minimum Gasteiger partial charge on any atom is -0.457 e. The average Bonchev–Trinajstić information content (AvgIpc) is 3.31. The third-order valence-electron chi connectivity index (χ3n) is 5.73. The SMILES string of the molecule is CC(=O)O[C@H]1O[C@H]([C@H]2O[C@@H]3OC(C)(C)O[C@@H]3[C@H]2OC(C)=O)O[C@H]2[C@@H]1O[C@@H]1OC(C)(C)O[C@@H]12. The summed E-state index contributed by atoms with van der Waals surface area (Å²) < 4.78 is 58.2. The Labute approximate surface area is 184 Å². The Kier molecular flexibility index (Phi) is 5.30. The number of hydrogen-bond donors (Lipinski definition) is 0. The van der Waals surface area contributed by atoms with Gasteiger partial charge in [-0.2, -0.15) is 0 Å². The Balaban J connectivity index is 1.40. The van der Waals surface area contributed by atoms with Gasteiger partial charge in [-0.3, -0.25) is 9.59 Å². The molecule has 5 fully saturated rings. The third-order valence-corrected chi connectivity index (χ3v) is 5.73. The minimum atomic E-state index is -1.11. The van der Waals surface area contributed by atoms with Gasteiger partial charge in [0.25, 0.3) is 0 Å². The Morgan fingerprint density at radius 1 is 0.594 bits per heavy atom. The highest BCUT2D eigenvalue weighted by molar-refractivity contribution is 5.66. The van der Waals surface area contributed by atoms with Crippen LogP contribution >= 0.6 is 0 Å². The van der Waals surface area contributed by atoms with Crippen molar-refractivity contribution in [3.8, 4) is 0 Å². The molecule has 5 rings (SSSR count). The Morgan fingerprint density at radius 3 is 1.75 bits per heavy atom. The van der Waals surface area contributed by atoms with E-state index >= 15 is 0 Å². The van der Waals surface area contributed by atoms with Crippen LogP contribution < -0.4 is 0 Å². The molecule has 5 saturated heterocycles. The minimum absolute atomic E-state index is 0.527. The maximum Gasteiger partial charge on any atom is 0.305 e.